The Bertz CT molecular complexity index is 273. The lowest BCUT2D eigenvalue weighted by Crippen LogP contribution is -2.26. The number of hydrogen-bond donors (Lipinski definition) is 2. The number of aliphatic carboxylic acids is 1. The van der Waals surface area contributed by atoms with E-state index < -0.39 is 5.97 Å². The van der Waals surface area contributed by atoms with Crippen LogP contribution in [0.5, 0.6) is 0 Å². The third kappa shape index (κ3) is 4.63. The lowest BCUT2D eigenvalue weighted by atomic mass is 10.1. The topological polar surface area (TPSA) is 66.4 Å². The molecule has 1 aliphatic carbocycles. The molecule has 2 unspecified atom stereocenters. The van der Waals surface area contributed by atoms with Crippen molar-refractivity contribution in [1.29, 1.82) is 0 Å². The van der Waals surface area contributed by atoms with Gasteiger partial charge in [-0.1, -0.05) is 13.3 Å². The Hall–Kier alpha value is -1.32. The van der Waals surface area contributed by atoms with Gasteiger partial charge < -0.3 is 10.4 Å². The second-order valence-electron chi connectivity index (χ2n) is 4.20. The summed E-state index contributed by atoms with van der Waals surface area (Å²) in [7, 11) is 0. The number of carboxylic acid groups (broad SMARTS) is 1. The SMILES string of the molecule is CC1CCC(CNC(=O)/C=C/C(=O)O)C1. The van der Waals surface area contributed by atoms with Gasteiger partial charge in [-0.05, 0) is 24.7 Å². The summed E-state index contributed by atoms with van der Waals surface area (Å²) in [6.45, 7) is 2.87. The van der Waals surface area contributed by atoms with E-state index >= 15 is 0 Å². The molecule has 4 heteroatoms. The normalized spacial score (nSPS) is 25.7. The van der Waals surface area contributed by atoms with Crippen LogP contribution in [0.3, 0.4) is 0 Å². The Kier molecular flexibility index (Phi) is 4.34. The van der Waals surface area contributed by atoms with Crippen LogP contribution in [0.15, 0.2) is 12.2 Å². The maximum atomic E-state index is 11.1. The van der Waals surface area contributed by atoms with Gasteiger partial charge in [-0.25, -0.2) is 4.79 Å². The fraction of sp³-hybridized carbons (Fsp3) is 0.636. The van der Waals surface area contributed by atoms with Gasteiger partial charge in [0.25, 0.3) is 0 Å². The van der Waals surface area contributed by atoms with E-state index in [1.165, 1.54) is 6.42 Å². The van der Waals surface area contributed by atoms with Gasteiger partial charge in [0.1, 0.15) is 0 Å². The molecule has 2 N–H and O–H groups in total. The van der Waals surface area contributed by atoms with Crippen molar-refractivity contribution in [3.8, 4) is 0 Å². The summed E-state index contributed by atoms with van der Waals surface area (Å²) >= 11 is 0. The van der Waals surface area contributed by atoms with Gasteiger partial charge in [0.15, 0.2) is 0 Å². The lowest BCUT2D eigenvalue weighted by molar-refractivity contribution is -0.131. The molecule has 15 heavy (non-hydrogen) atoms. The van der Waals surface area contributed by atoms with Crippen LogP contribution in [0, 0.1) is 11.8 Å². The van der Waals surface area contributed by atoms with Crippen LogP contribution < -0.4 is 5.32 Å². The van der Waals surface area contributed by atoms with E-state index in [-0.39, 0.29) is 5.91 Å². The average Bonchev–Trinajstić information content (AvgIpc) is 2.58. The summed E-state index contributed by atoms with van der Waals surface area (Å²) in [5, 5.41) is 11.0. The highest BCUT2D eigenvalue weighted by molar-refractivity contribution is 5.93. The molecule has 0 aromatic rings. The predicted octanol–water partition coefficient (Wildman–Crippen LogP) is 1.18. The van der Waals surface area contributed by atoms with Crippen LogP contribution in [0.1, 0.15) is 26.2 Å². The standard InChI is InChI=1S/C11H17NO3/c1-8-2-3-9(6-8)7-12-10(13)4-5-11(14)15/h4-5,8-9H,2-3,6-7H2,1H3,(H,12,13)(H,14,15)/b5-4+. The molecule has 0 aliphatic heterocycles. The number of carbonyl (C=O) groups is 2. The monoisotopic (exact) mass is 211 g/mol. The van der Waals surface area contributed by atoms with Crippen LogP contribution >= 0.6 is 0 Å². The molecule has 1 saturated carbocycles. The maximum Gasteiger partial charge on any atom is 0.328 e. The quantitative estimate of drug-likeness (QED) is 0.686. The van der Waals surface area contributed by atoms with Crippen molar-refractivity contribution < 1.29 is 14.7 Å². The summed E-state index contributed by atoms with van der Waals surface area (Å²) in [5.74, 6) is -0.111. The zero-order valence-electron chi connectivity index (χ0n) is 8.90. The Morgan fingerprint density at radius 2 is 2.13 bits per heavy atom. The first-order valence-corrected chi connectivity index (χ1v) is 5.26. The van der Waals surface area contributed by atoms with E-state index in [1.807, 2.05) is 0 Å². The summed E-state index contributed by atoms with van der Waals surface area (Å²) < 4.78 is 0. The van der Waals surface area contributed by atoms with Crippen molar-refractivity contribution in [2.45, 2.75) is 26.2 Å². The summed E-state index contributed by atoms with van der Waals surface area (Å²) in [4.78, 5) is 21.3. The average molecular weight is 211 g/mol. The van der Waals surface area contributed by atoms with Crippen LogP contribution in [0.2, 0.25) is 0 Å². The minimum absolute atomic E-state index is 0.322. The Morgan fingerprint density at radius 3 is 2.67 bits per heavy atom. The third-order valence-corrected chi connectivity index (χ3v) is 2.75. The zero-order chi connectivity index (χ0) is 11.3. The minimum atomic E-state index is -1.10. The zero-order valence-corrected chi connectivity index (χ0v) is 8.90. The first-order valence-electron chi connectivity index (χ1n) is 5.26. The minimum Gasteiger partial charge on any atom is -0.478 e. The third-order valence-electron chi connectivity index (χ3n) is 2.75. The van der Waals surface area contributed by atoms with Crippen molar-refractivity contribution in [2.75, 3.05) is 6.54 Å². The maximum absolute atomic E-state index is 11.1. The molecule has 4 nitrogen and oxygen atoms in total. The van der Waals surface area contributed by atoms with Crippen molar-refractivity contribution in [3.63, 3.8) is 0 Å². The fourth-order valence-electron chi connectivity index (χ4n) is 1.96. The molecule has 1 fully saturated rings. The molecule has 0 bridgehead atoms. The number of nitrogens with one attached hydrogen (secondary N) is 1. The highest BCUT2D eigenvalue weighted by atomic mass is 16.4. The molecule has 84 valence electrons. The molecule has 1 aliphatic rings. The molecule has 1 amide bonds. The van der Waals surface area contributed by atoms with Gasteiger partial charge in [0.2, 0.25) is 5.91 Å². The van der Waals surface area contributed by atoms with E-state index in [1.54, 1.807) is 0 Å². The van der Waals surface area contributed by atoms with Gasteiger partial charge in [0.05, 0.1) is 0 Å². The van der Waals surface area contributed by atoms with Crippen molar-refractivity contribution in [1.82, 2.24) is 5.32 Å². The van der Waals surface area contributed by atoms with Gasteiger partial charge in [0, 0.05) is 18.7 Å². The summed E-state index contributed by atoms with van der Waals surface area (Å²) in [6.07, 6.45) is 5.45. The van der Waals surface area contributed by atoms with Crippen LogP contribution in [0.4, 0.5) is 0 Å². The Balaban J connectivity index is 2.19. The first-order chi connectivity index (χ1) is 7.08. The largest absolute Gasteiger partial charge is 0.478 e. The first kappa shape index (κ1) is 11.8. The van der Waals surface area contributed by atoms with Gasteiger partial charge in [-0.15, -0.1) is 0 Å². The lowest BCUT2D eigenvalue weighted by Gasteiger charge is -2.09. The number of carbonyl (C=O) groups excluding carboxylic acids is 1. The smallest absolute Gasteiger partial charge is 0.328 e. The molecular weight excluding hydrogens is 194 g/mol. The van der Waals surface area contributed by atoms with Gasteiger partial charge in [-0.2, -0.15) is 0 Å². The molecule has 0 aromatic carbocycles. The Labute approximate surface area is 89.4 Å². The number of rotatable bonds is 4. The van der Waals surface area contributed by atoms with Crippen LogP contribution in [-0.4, -0.2) is 23.5 Å². The second-order valence-corrected chi connectivity index (χ2v) is 4.20. The highest BCUT2D eigenvalue weighted by Crippen LogP contribution is 2.29. The summed E-state index contributed by atoms with van der Waals surface area (Å²) in [5.41, 5.74) is 0. The fourth-order valence-corrected chi connectivity index (χ4v) is 1.96. The molecule has 1 rings (SSSR count). The van der Waals surface area contributed by atoms with Crippen LogP contribution in [0.25, 0.3) is 0 Å². The van der Waals surface area contributed by atoms with Crippen molar-refractivity contribution in [3.05, 3.63) is 12.2 Å². The van der Waals surface area contributed by atoms with Crippen molar-refractivity contribution in [2.24, 2.45) is 11.8 Å². The molecule has 0 spiro atoms. The molecule has 0 radical (unpaired) electrons. The van der Waals surface area contributed by atoms with Gasteiger partial charge >= 0.3 is 5.97 Å². The van der Waals surface area contributed by atoms with Crippen LogP contribution in [-0.2, 0) is 9.59 Å². The van der Waals surface area contributed by atoms with E-state index in [0.29, 0.717) is 12.5 Å². The van der Waals surface area contributed by atoms with E-state index in [9.17, 15) is 9.59 Å². The highest BCUT2D eigenvalue weighted by Gasteiger charge is 2.21. The number of carboxylic acids is 1. The molecular formula is C11H17NO3. The van der Waals surface area contributed by atoms with Crippen molar-refractivity contribution >= 4 is 11.9 Å². The second kappa shape index (κ2) is 5.53. The van der Waals surface area contributed by atoms with E-state index in [2.05, 4.69) is 12.2 Å². The molecule has 0 heterocycles. The summed E-state index contributed by atoms with van der Waals surface area (Å²) in [6, 6.07) is 0. The molecule has 2 atom stereocenters. The Morgan fingerprint density at radius 1 is 1.40 bits per heavy atom. The predicted molar refractivity (Wildman–Crippen MR) is 56.3 cm³/mol. The number of hydrogen-bond acceptors (Lipinski definition) is 2. The molecule has 0 saturated heterocycles. The number of amides is 1. The van der Waals surface area contributed by atoms with E-state index in [4.69, 9.17) is 5.11 Å². The van der Waals surface area contributed by atoms with E-state index in [0.717, 1.165) is 30.9 Å². The van der Waals surface area contributed by atoms with Gasteiger partial charge in [-0.3, -0.25) is 4.79 Å². The molecule has 0 aromatic heterocycles.